The van der Waals surface area contributed by atoms with E-state index in [-0.39, 0.29) is 0 Å². The first-order valence-corrected chi connectivity index (χ1v) is 29.0. The van der Waals surface area contributed by atoms with E-state index in [1.165, 1.54) is 0 Å². The number of hydrogen-bond donors (Lipinski definition) is 0. The molecule has 13 aromatic carbocycles. The van der Waals surface area contributed by atoms with Gasteiger partial charge in [0.2, 0.25) is 0 Å². The predicted octanol–water partition coefficient (Wildman–Crippen LogP) is 22.8. The van der Waals surface area contributed by atoms with Crippen LogP contribution in [0.5, 0.6) is 11.5 Å². The van der Waals surface area contributed by atoms with Gasteiger partial charge in [-0.3, -0.25) is 0 Å². The van der Waals surface area contributed by atoms with Gasteiger partial charge < -0.3 is 24.3 Å². The fraction of sp³-hybridized carbons (Fsp3) is 0. The molecule has 84 heavy (non-hydrogen) atoms. The molecule has 5 nitrogen and oxygen atoms in total. The highest BCUT2D eigenvalue weighted by atomic mass is 32.2. The van der Waals surface area contributed by atoms with E-state index in [1.54, 1.807) is 11.8 Å². The van der Waals surface area contributed by atoms with Gasteiger partial charge in [0, 0.05) is 84.2 Å². The molecule has 0 saturated carbocycles. The van der Waals surface area contributed by atoms with Crippen LogP contribution in [0.1, 0.15) is 0 Å². The van der Waals surface area contributed by atoms with Gasteiger partial charge in [0.1, 0.15) is 11.5 Å². The largest absolute Gasteiger partial charge is 0.457 e. The third-order valence-electron chi connectivity index (χ3n) is 14.6. The summed E-state index contributed by atoms with van der Waals surface area (Å²) in [6.07, 6.45) is 0. The van der Waals surface area contributed by atoms with E-state index >= 15 is 0 Å². The van der Waals surface area contributed by atoms with Crippen LogP contribution in [0.3, 0.4) is 0 Å². The lowest BCUT2D eigenvalue weighted by Crippen LogP contribution is -2.15. The summed E-state index contributed by atoms with van der Waals surface area (Å²) in [6.45, 7) is 0. The van der Waals surface area contributed by atoms with Crippen LogP contribution in [0.25, 0.3) is 22.3 Å². The smallest absolute Gasteiger partial charge is 0.131 e. The molecule has 0 saturated heterocycles. The van der Waals surface area contributed by atoms with Gasteiger partial charge in [0.25, 0.3) is 0 Å². The Kier molecular flexibility index (Phi) is 15.6. The van der Waals surface area contributed by atoms with E-state index < -0.39 is 0 Å². The lowest BCUT2D eigenvalue weighted by Gasteiger charge is -2.33. The maximum atomic E-state index is 6.96. The van der Waals surface area contributed by atoms with E-state index in [0.29, 0.717) is 5.75 Å². The normalized spacial score (nSPS) is 10.9. The number of rotatable bonds is 18. The van der Waals surface area contributed by atoms with Crippen LogP contribution in [0.4, 0.5) is 68.2 Å². The summed E-state index contributed by atoms with van der Waals surface area (Å²) in [4.78, 5) is 11.6. The summed E-state index contributed by atoms with van der Waals surface area (Å²) < 4.78 is 6.96. The number of benzene rings is 13. The monoisotopic (exact) mass is 1100 g/mol. The van der Waals surface area contributed by atoms with Crippen molar-refractivity contribution >= 4 is 80.0 Å². The first-order valence-electron chi connectivity index (χ1n) is 28.2. The number of hydrogen-bond acceptors (Lipinski definition) is 6. The van der Waals surface area contributed by atoms with Crippen molar-refractivity contribution in [2.45, 2.75) is 9.79 Å². The van der Waals surface area contributed by atoms with Gasteiger partial charge >= 0.3 is 0 Å². The van der Waals surface area contributed by atoms with Crippen LogP contribution >= 0.6 is 11.8 Å². The highest BCUT2D eigenvalue weighted by Crippen LogP contribution is 2.51. The van der Waals surface area contributed by atoms with E-state index in [1.807, 2.05) is 30.3 Å². The summed E-state index contributed by atoms with van der Waals surface area (Å²) in [5.41, 5.74) is 16.5. The zero-order chi connectivity index (χ0) is 56.3. The molecule has 13 aromatic rings. The summed E-state index contributed by atoms with van der Waals surface area (Å²) in [6, 6.07) is 124. The average molecular weight is 1100 g/mol. The molecule has 0 radical (unpaired) electrons. The minimum atomic E-state index is 0.687. The maximum absolute atomic E-state index is 6.96. The standard InChI is InChI=1S/C78H58N4OS/c1-10-30-59(31-11-1)76-50-29-51-77(60-32-12-2-13-33-60)78(76)82(69-52-68(54-73(55-69)83-72-47-26-9-27-48-72)79(61-34-14-3-15-35-61)62-36-16-4-17-37-62)67-46-28-49-74(56-67)84-75-57-70(80(63-38-18-5-19-39-63)64-40-20-6-21-41-64)53-71(58-75)81(65-42-22-7-23-43-65)66-44-24-8-25-45-66/h1-58H. The minimum absolute atomic E-state index is 0.687. The number of ether oxygens (including phenoxy) is 1. The Labute approximate surface area is 496 Å². The molecule has 0 bridgehead atoms. The van der Waals surface area contributed by atoms with Crippen LogP contribution in [0.2, 0.25) is 0 Å². The topological polar surface area (TPSA) is 22.2 Å². The molecule has 0 aliphatic rings. The van der Waals surface area contributed by atoms with Gasteiger partial charge in [0.15, 0.2) is 0 Å². The highest BCUT2D eigenvalue weighted by Gasteiger charge is 2.26. The second-order valence-corrected chi connectivity index (χ2v) is 21.3. The Morgan fingerprint density at radius 2 is 0.500 bits per heavy atom. The molecule has 0 aliphatic heterocycles. The maximum Gasteiger partial charge on any atom is 0.131 e. The summed E-state index contributed by atoms with van der Waals surface area (Å²) in [5.74, 6) is 1.43. The summed E-state index contributed by atoms with van der Waals surface area (Å²) >= 11 is 1.75. The van der Waals surface area contributed by atoms with Crippen LogP contribution in [0, 0.1) is 0 Å². The van der Waals surface area contributed by atoms with E-state index in [0.717, 1.165) is 106 Å². The lowest BCUT2D eigenvalue weighted by atomic mass is 9.94. The van der Waals surface area contributed by atoms with Gasteiger partial charge in [-0.1, -0.05) is 224 Å². The molecule has 402 valence electrons. The van der Waals surface area contributed by atoms with Gasteiger partial charge in [-0.2, -0.15) is 0 Å². The molecule has 0 unspecified atom stereocenters. The molecule has 0 N–H and O–H groups in total. The molecular formula is C78H58N4OS. The second kappa shape index (κ2) is 24.9. The Morgan fingerprint density at radius 3 is 0.881 bits per heavy atom. The fourth-order valence-electron chi connectivity index (χ4n) is 10.9. The molecule has 0 amide bonds. The van der Waals surface area contributed by atoms with Gasteiger partial charge in [-0.05, 0) is 139 Å². The van der Waals surface area contributed by atoms with Crippen LogP contribution in [-0.2, 0) is 0 Å². The van der Waals surface area contributed by atoms with Crippen molar-refractivity contribution < 1.29 is 4.74 Å². The highest BCUT2D eigenvalue weighted by molar-refractivity contribution is 7.99. The molecule has 0 aliphatic carbocycles. The second-order valence-electron chi connectivity index (χ2n) is 20.2. The molecule has 0 aromatic heterocycles. The molecule has 13 rings (SSSR count). The first kappa shape index (κ1) is 52.6. The van der Waals surface area contributed by atoms with Crippen LogP contribution < -0.4 is 24.3 Å². The third kappa shape index (κ3) is 11.7. The van der Waals surface area contributed by atoms with Crippen molar-refractivity contribution in [1.29, 1.82) is 0 Å². The zero-order valence-electron chi connectivity index (χ0n) is 46.1. The Morgan fingerprint density at radius 1 is 0.202 bits per heavy atom. The first-order chi connectivity index (χ1) is 41.7. The lowest BCUT2D eigenvalue weighted by molar-refractivity contribution is 0.483. The van der Waals surface area contributed by atoms with E-state index in [2.05, 4.69) is 341 Å². The molecule has 6 heteroatoms. The predicted molar refractivity (Wildman–Crippen MR) is 353 cm³/mol. The van der Waals surface area contributed by atoms with Crippen LogP contribution in [-0.4, -0.2) is 0 Å². The molecule has 0 fully saturated rings. The third-order valence-corrected chi connectivity index (χ3v) is 15.6. The minimum Gasteiger partial charge on any atom is -0.457 e. The molecule has 0 atom stereocenters. The Bertz CT molecular complexity index is 3960. The van der Waals surface area contributed by atoms with Crippen molar-refractivity contribution in [3.8, 4) is 33.8 Å². The van der Waals surface area contributed by atoms with Crippen molar-refractivity contribution in [2.24, 2.45) is 0 Å². The number of nitrogens with zero attached hydrogens (tertiary/aromatic N) is 4. The van der Waals surface area contributed by atoms with Gasteiger partial charge in [-0.15, -0.1) is 0 Å². The summed E-state index contributed by atoms with van der Waals surface area (Å²) in [5, 5.41) is 0. The Balaban J connectivity index is 1.04. The average Bonchev–Trinajstić information content (AvgIpc) is 3.51. The van der Waals surface area contributed by atoms with Gasteiger partial charge in [0.05, 0.1) is 17.1 Å². The molecule has 0 heterocycles. The van der Waals surface area contributed by atoms with E-state index in [9.17, 15) is 0 Å². The number of para-hydroxylation sites is 8. The fourth-order valence-corrected chi connectivity index (χ4v) is 11.9. The number of anilines is 12. The van der Waals surface area contributed by atoms with Crippen LogP contribution in [0.15, 0.2) is 362 Å². The van der Waals surface area contributed by atoms with Gasteiger partial charge in [-0.25, -0.2) is 0 Å². The van der Waals surface area contributed by atoms with E-state index in [4.69, 9.17) is 4.74 Å². The zero-order valence-corrected chi connectivity index (χ0v) is 46.9. The summed E-state index contributed by atoms with van der Waals surface area (Å²) in [7, 11) is 0. The van der Waals surface area contributed by atoms with Crippen molar-refractivity contribution in [1.82, 2.24) is 0 Å². The van der Waals surface area contributed by atoms with Crippen molar-refractivity contribution in [3.05, 3.63) is 352 Å². The quantitative estimate of drug-likeness (QED) is 0.0848. The van der Waals surface area contributed by atoms with Crippen molar-refractivity contribution in [3.63, 3.8) is 0 Å². The molecular weight excluding hydrogens is 1040 g/mol. The Hall–Kier alpha value is -10.8. The SMILES string of the molecule is c1ccc(Oc2cc(N(c3ccccc3)c3ccccc3)cc(N(c3cccc(Sc4cc(N(c5ccccc5)c5ccccc5)cc(N(c5ccccc5)c5ccccc5)c4)c3)c3c(-c4ccccc4)cccc3-c3ccccc3)c2)cc1. The molecule has 0 spiro atoms. The van der Waals surface area contributed by atoms with Crippen molar-refractivity contribution in [2.75, 3.05) is 19.6 Å².